The molecule has 1 unspecified atom stereocenters. The van der Waals surface area contributed by atoms with Crippen LogP contribution in [0, 0.1) is 0 Å². The number of aromatic amines is 1. The van der Waals surface area contributed by atoms with Gasteiger partial charge in [-0.2, -0.15) is 0 Å². The summed E-state index contributed by atoms with van der Waals surface area (Å²) in [5.41, 5.74) is 9.47. The molecule has 1 aliphatic carbocycles. The molecule has 4 N–H and O–H groups in total. The Kier molecular flexibility index (Phi) is 5.54. The summed E-state index contributed by atoms with van der Waals surface area (Å²) in [6, 6.07) is 7.93. The van der Waals surface area contributed by atoms with Gasteiger partial charge in [-0.15, -0.1) is 11.8 Å². The second-order valence-electron chi connectivity index (χ2n) is 8.82. The maximum Gasteiger partial charge on any atom is 0.114 e. The van der Waals surface area contributed by atoms with Crippen LogP contribution in [0.25, 0.3) is 10.9 Å². The van der Waals surface area contributed by atoms with Crippen molar-refractivity contribution in [2.45, 2.75) is 63.2 Å². The third kappa shape index (κ3) is 4.05. The molecular formula is C22H30ClN5S. The van der Waals surface area contributed by atoms with Gasteiger partial charge in [-0.1, -0.05) is 24.4 Å². The van der Waals surface area contributed by atoms with E-state index in [1.54, 1.807) is 0 Å². The first kappa shape index (κ1) is 19.7. The molecule has 1 aromatic heterocycles. The summed E-state index contributed by atoms with van der Waals surface area (Å²) in [7, 11) is 0. The molecule has 2 fully saturated rings. The highest BCUT2D eigenvalue weighted by Gasteiger charge is 2.32. The number of hydrogen-bond acceptors (Lipinski definition) is 5. The van der Waals surface area contributed by atoms with Crippen molar-refractivity contribution in [2.24, 2.45) is 10.7 Å². The number of nitrogens with one attached hydrogen (secondary N) is 2. The Morgan fingerprint density at radius 3 is 2.86 bits per heavy atom. The lowest BCUT2D eigenvalue weighted by atomic mass is 10.1. The van der Waals surface area contributed by atoms with Crippen molar-refractivity contribution in [3.8, 4) is 0 Å². The molecule has 1 saturated carbocycles. The second-order valence-corrected chi connectivity index (χ2v) is 10.3. The van der Waals surface area contributed by atoms with Crippen molar-refractivity contribution in [3.05, 3.63) is 28.9 Å². The predicted molar refractivity (Wildman–Crippen MR) is 126 cm³/mol. The Morgan fingerprint density at radius 1 is 1.28 bits per heavy atom. The summed E-state index contributed by atoms with van der Waals surface area (Å²) >= 11 is 8.28. The van der Waals surface area contributed by atoms with Gasteiger partial charge in [-0.3, -0.25) is 9.89 Å². The molecule has 0 amide bonds. The molecule has 3 heterocycles. The Bertz CT molecular complexity index is 919. The zero-order valence-electron chi connectivity index (χ0n) is 17.0. The molecular weight excluding hydrogens is 402 g/mol. The number of aromatic nitrogens is 1. The Hall–Kier alpha value is -1.21. The fraction of sp³-hybridized carbons (Fsp3) is 0.591. The SMILES string of the molecule is C[C@@H]([C@@H]1CSC(c2cc3cc(Cl)cc(NC4CCCC4)c3[nH]2)=N1)N1CCC(N)C1. The highest BCUT2D eigenvalue weighted by molar-refractivity contribution is 8.14. The molecule has 2 aliphatic heterocycles. The van der Waals surface area contributed by atoms with E-state index in [1.165, 1.54) is 25.7 Å². The number of nitrogens with two attached hydrogens (primary N) is 1. The van der Waals surface area contributed by atoms with Crippen molar-refractivity contribution in [2.75, 3.05) is 24.2 Å². The van der Waals surface area contributed by atoms with E-state index in [9.17, 15) is 0 Å². The van der Waals surface area contributed by atoms with E-state index < -0.39 is 0 Å². The van der Waals surface area contributed by atoms with Crippen molar-refractivity contribution in [3.63, 3.8) is 0 Å². The largest absolute Gasteiger partial charge is 0.381 e. The van der Waals surface area contributed by atoms with Crippen LogP contribution >= 0.6 is 23.4 Å². The van der Waals surface area contributed by atoms with E-state index in [0.29, 0.717) is 24.2 Å². The van der Waals surface area contributed by atoms with E-state index in [4.69, 9.17) is 22.3 Å². The molecule has 0 radical (unpaired) electrons. The Balaban J connectivity index is 1.39. The van der Waals surface area contributed by atoms with E-state index >= 15 is 0 Å². The van der Waals surface area contributed by atoms with Gasteiger partial charge in [0.25, 0.3) is 0 Å². The number of rotatable bonds is 5. The highest BCUT2D eigenvalue weighted by atomic mass is 35.5. The van der Waals surface area contributed by atoms with Gasteiger partial charge in [-0.25, -0.2) is 0 Å². The van der Waals surface area contributed by atoms with Crippen LogP contribution in [0.1, 0.15) is 44.7 Å². The third-order valence-electron chi connectivity index (χ3n) is 6.70. The third-order valence-corrected chi connectivity index (χ3v) is 8.03. The standard InChI is InChI=1S/C22H30ClN5S/c1-13(28-7-6-16(24)11-28)20-12-29-22(27-20)19-9-14-8-15(23)10-18(21(14)26-19)25-17-4-2-3-5-17/h8-10,13,16-17,20,25-26H,2-7,11-12,24H2,1H3/t13-,16?,20-/m0/s1. The molecule has 5 rings (SSSR count). The minimum Gasteiger partial charge on any atom is -0.381 e. The molecule has 2 aromatic rings. The zero-order valence-corrected chi connectivity index (χ0v) is 18.5. The number of anilines is 1. The zero-order chi connectivity index (χ0) is 20.0. The summed E-state index contributed by atoms with van der Waals surface area (Å²) in [5, 5.41) is 6.76. The first-order valence-electron chi connectivity index (χ1n) is 10.9. The Morgan fingerprint density at radius 2 is 2.10 bits per heavy atom. The first-order valence-corrected chi connectivity index (χ1v) is 12.2. The lowest BCUT2D eigenvalue weighted by Crippen LogP contribution is -2.40. The minimum absolute atomic E-state index is 0.319. The monoisotopic (exact) mass is 431 g/mol. The summed E-state index contributed by atoms with van der Waals surface area (Å²) in [6.07, 6.45) is 6.20. The maximum absolute atomic E-state index is 6.42. The van der Waals surface area contributed by atoms with Crippen LogP contribution < -0.4 is 11.1 Å². The molecule has 156 valence electrons. The van der Waals surface area contributed by atoms with Crippen LogP contribution in [-0.4, -0.2) is 57.9 Å². The van der Waals surface area contributed by atoms with Crippen LogP contribution in [-0.2, 0) is 0 Å². The second kappa shape index (κ2) is 8.14. The van der Waals surface area contributed by atoms with Gasteiger partial charge in [0.05, 0.1) is 22.9 Å². The molecule has 0 bridgehead atoms. The molecule has 3 atom stereocenters. The topological polar surface area (TPSA) is 69.4 Å². The van der Waals surface area contributed by atoms with E-state index in [0.717, 1.165) is 57.6 Å². The lowest BCUT2D eigenvalue weighted by Gasteiger charge is -2.27. The van der Waals surface area contributed by atoms with Gasteiger partial charge in [0, 0.05) is 47.4 Å². The minimum atomic E-state index is 0.319. The quantitative estimate of drug-likeness (QED) is 0.653. The van der Waals surface area contributed by atoms with E-state index in [-0.39, 0.29) is 0 Å². The number of thioether (sulfide) groups is 1. The molecule has 3 aliphatic rings. The van der Waals surface area contributed by atoms with Crippen LogP contribution in [0.15, 0.2) is 23.2 Å². The number of H-pyrrole nitrogens is 1. The van der Waals surface area contributed by atoms with Gasteiger partial charge in [0.2, 0.25) is 0 Å². The maximum atomic E-state index is 6.42. The van der Waals surface area contributed by atoms with E-state index in [1.807, 2.05) is 23.9 Å². The fourth-order valence-corrected chi connectivity index (χ4v) is 6.32. The number of likely N-dealkylation sites (tertiary alicyclic amines) is 1. The van der Waals surface area contributed by atoms with Gasteiger partial charge < -0.3 is 16.0 Å². The number of aliphatic imine (C=N–C) groups is 1. The van der Waals surface area contributed by atoms with Gasteiger partial charge >= 0.3 is 0 Å². The highest BCUT2D eigenvalue weighted by Crippen LogP contribution is 2.34. The first-order chi connectivity index (χ1) is 14.1. The predicted octanol–water partition coefficient (Wildman–Crippen LogP) is 4.46. The lowest BCUT2D eigenvalue weighted by molar-refractivity contribution is 0.234. The van der Waals surface area contributed by atoms with Crippen LogP contribution in [0.3, 0.4) is 0 Å². The van der Waals surface area contributed by atoms with Gasteiger partial charge in [0.15, 0.2) is 0 Å². The number of fused-ring (bicyclic) bond motifs is 1. The summed E-state index contributed by atoms with van der Waals surface area (Å²) in [5.74, 6) is 1.03. The molecule has 0 spiro atoms. The molecule has 1 aromatic carbocycles. The molecule has 1 saturated heterocycles. The van der Waals surface area contributed by atoms with Crippen molar-refractivity contribution >= 4 is 45.0 Å². The molecule has 7 heteroatoms. The number of benzene rings is 1. The van der Waals surface area contributed by atoms with Crippen molar-refractivity contribution < 1.29 is 0 Å². The van der Waals surface area contributed by atoms with E-state index in [2.05, 4.69) is 28.2 Å². The smallest absolute Gasteiger partial charge is 0.114 e. The van der Waals surface area contributed by atoms with Crippen molar-refractivity contribution in [1.82, 2.24) is 9.88 Å². The number of hydrogen-bond donors (Lipinski definition) is 3. The van der Waals surface area contributed by atoms with Crippen LogP contribution in [0.5, 0.6) is 0 Å². The van der Waals surface area contributed by atoms with Crippen LogP contribution in [0.4, 0.5) is 5.69 Å². The number of nitrogens with zero attached hydrogens (tertiary/aromatic N) is 2. The number of halogens is 1. The summed E-state index contributed by atoms with van der Waals surface area (Å²) in [4.78, 5) is 11.2. The average Bonchev–Trinajstić information content (AvgIpc) is 3.47. The Labute approximate surface area is 181 Å². The average molecular weight is 432 g/mol. The summed E-state index contributed by atoms with van der Waals surface area (Å²) < 4.78 is 0. The summed E-state index contributed by atoms with van der Waals surface area (Å²) in [6.45, 7) is 4.38. The van der Waals surface area contributed by atoms with Gasteiger partial charge in [0.1, 0.15) is 5.04 Å². The van der Waals surface area contributed by atoms with Crippen molar-refractivity contribution in [1.29, 1.82) is 0 Å². The van der Waals surface area contributed by atoms with Gasteiger partial charge in [-0.05, 0) is 44.4 Å². The van der Waals surface area contributed by atoms with Crippen LogP contribution in [0.2, 0.25) is 5.02 Å². The molecule has 5 nitrogen and oxygen atoms in total. The molecule has 29 heavy (non-hydrogen) atoms. The normalized spacial score (nSPS) is 27.1. The fourth-order valence-electron chi connectivity index (χ4n) is 4.94.